The predicted octanol–water partition coefficient (Wildman–Crippen LogP) is 1.49. The molecule has 2 unspecified atom stereocenters. The number of carbonyl (C=O) groups is 4. The number of ether oxygens (including phenoxy) is 1. The van der Waals surface area contributed by atoms with Gasteiger partial charge in [0.15, 0.2) is 11.8 Å². The summed E-state index contributed by atoms with van der Waals surface area (Å²) in [7, 11) is 0. The molecular formula is C20H26N2O5. The van der Waals surface area contributed by atoms with E-state index in [1.165, 1.54) is 18.7 Å². The van der Waals surface area contributed by atoms with Gasteiger partial charge in [-0.15, -0.1) is 0 Å². The molecule has 0 saturated heterocycles. The fourth-order valence-electron chi connectivity index (χ4n) is 3.19. The zero-order valence-electron chi connectivity index (χ0n) is 16.4. The summed E-state index contributed by atoms with van der Waals surface area (Å²) in [6.07, 6.45) is 0.562. The van der Waals surface area contributed by atoms with Gasteiger partial charge >= 0.3 is 5.97 Å². The number of nitrogens with zero attached hydrogens (tertiary/aromatic N) is 1. The van der Waals surface area contributed by atoms with E-state index in [9.17, 15) is 19.2 Å². The van der Waals surface area contributed by atoms with Crippen LogP contribution < -0.4 is 5.32 Å². The first-order valence-corrected chi connectivity index (χ1v) is 8.90. The fourth-order valence-corrected chi connectivity index (χ4v) is 3.19. The van der Waals surface area contributed by atoms with Crippen molar-refractivity contribution in [3.05, 3.63) is 35.4 Å². The largest absolute Gasteiger partial charge is 0.458 e. The van der Waals surface area contributed by atoms with E-state index in [1.54, 1.807) is 32.9 Å². The Kier molecular flexibility index (Phi) is 6.03. The second-order valence-corrected chi connectivity index (χ2v) is 7.67. The first kappa shape index (κ1) is 20.6. The van der Waals surface area contributed by atoms with Crippen molar-refractivity contribution in [3.8, 4) is 0 Å². The predicted molar refractivity (Wildman–Crippen MR) is 99.1 cm³/mol. The number of Topliss-reactive ketones (excluding diaryl/α,β-unsaturated/α-hetero) is 1. The topological polar surface area (TPSA) is 92.8 Å². The zero-order valence-corrected chi connectivity index (χ0v) is 16.4. The Balaban J connectivity index is 2.40. The molecule has 1 aliphatic heterocycles. The van der Waals surface area contributed by atoms with E-state index in [1.807, 2.05) is 12.1 Å². The van der Waals surface area contributed by atoms with Gasteiger partial charge in [-0.25, -0.2) is 4.79 Å². The molecule has 1 N–H and O–H groups in total. The Morgan fingerprint density at radius 1 is 1.15 bits per heavy atom. The minimum absolute atomic E-state index is 0.277. The van der Waals surface area contributed by atoms with Crippen molar-refractivity contribution in [1.82, 2.24) is 10.2 Å². The number of esters is 1. The molecule has 27 heavy (non-hydrogen) atoms. The Morgan fingerprint density at radius 2 is 1.78 bits per heavy atom. The zero-order chi connectivity index (χ0) is 20.4. The number of amides is 2. The Bertz CT molecular complexity index is 766. The van der Waals surface area contributed by atoms with E-state index in [0.29, 0.717) is 12.0 Å². The van der Waals surface area contributed by atoms with Gasteiger partial charge in [-0.2, -0.15) is 0 Å². The molecule has 7 nitrogen and oxygen atoms in total. The summed E-state index contributed by atoms with van der Waals surface area (Å²) < 4.78 is 5.38. The van der Waals surface area contributed by atoms with Crippen LogP contribution in [0.1, 0.15) is 50.5 Å². The van der Waals surface area contributed by atoms with Gasteiger partial charge in [-0.3, -0.25) is 14.4 Å². The molecule has 0 radical (unpaired) electrons. The average molecular weight is 374 g/mol. The molecule has 1 heterocycles. The quantitative estimate of drug-likeness (QED) is 0.788. The second-order valence-electron chi connectivity index (χ2n) is 7.67. The van der Waals surface area contributed by atoms with Gasteiger partial charge in [0.05, 0.1) is 0 Å². The van der Waals surface area contributed by atoms with Crippen molar-refractivity contribution in [2.75, 3.05) is 6.54 Å². The van der Waals surface area contributed by atoms with Crippen molar-refractivity contribution in [2.45, 2.75) is 58.7 Å². The number of nitrogens with one attached hydrogen (secondary N) is 1. The third kappa shape index (κ3) is 4.93. The van der Waals surface area contributed by atoms with E-state index in [-0.39, 0.29) is 12.5 Å². The summed E-state index contributed by atoms with van der Waals surface area (Å²) in [4.78, 5) is 51.2. The van der Waals surface area contributed by atoms with E-state index in [0.717, 1.165) is 5.56 Å². The van der Waals surface area contributed by atoms with Crippen LogP contribution in [0.5, 0.6) is 0 Å². The average Bonchev–Trinajstić information content (AvgIpc) is 2.54. The Morgan fingerprint density at radius 3 is 2.33 bits per heavy atom. The van der Waals surface area contributed by atoms with Crippen molar-refractivity contribution in [1.29, 1.82) is 0 Å². The Labute approximate surface area is 159 Å². The first-order valence-electron chi connectivity index (χ1n) is 8.90. The van der Waals surface area contributed by atoms with Gasteiger partial charge in [0.1, 0.15) is 11.6 Å². The highest BCUT2D eigenvalue weighted by Crippen LogP contribution is 2.23. The van der Waals surface area contributed by atoms with Crippen molar-refractivity contribution in [3.63, 3.8) is 0 Å². The molecule has 2 atom stereocenters. The van der Waals surface area contributed by atoms with E-state index in [2.05, 4.69) is 5.32 Å². The number of carbonyl (C=O) groups excluding carboxylic acids is 4. The van der Waals surface area contributed by atoms with Crippen LogP contribution >= 0.6 is 0 Å². The molecule has 2 rings (SSSR count). The molecule has 0 aromatic heterocycles. The molecule has 0 bridgehead atoms. The third-order valence-corrected chi connectivity index (χ3v) is 4.22. The van der Waals surface area contributed by atoms with Crippen LogP contribution in [0.3, 0.4) is 0 Å². The Hall–Kier alpha value is -2.70. The highest BCUT2D eigenvalue weighted by molar-refractivity contribution is 6.02. The third-order valence-electron chi connectivity index (χ3n) is 4.22. The van der Waals surface area contributed by atoms with Crippen LogP contribution in [0.15, 0.2) is 24.3 Å². The molecule has 146 valence electrons. The smallest absolute Gasteiger partial charge is 0.331 e. The number of hydrogen-bond donors (Lipinski definition) is 1. The maximum Gasteiger partial charge on any atom is 0.331 e. The number of hydrogen-bond acceptors (Lipinski definition) is 5. The maximum absolute atomic E-state index is 13.0. The van der Waals surface area contributed by atoms with Crippen molar-refractivity contribution in [2.24, 2.45) is 0 Å². The van der Waals surface area contributed by atoms with E-state index < -0.39 is 35.3 Å². The molecule has 0 saturated carbocycles. The highest BCUT2D eigenvalue weighted by Gasteiger charge is 2.42. The SMILES string of the molecule is CC(=O)NC(C(=O)OC(C)(C)C)C(C(C)=O)N1CCc2ccccc2C1=O. The van der Waals surface area contributed by atoms with Crippen LogP contribution in [-0.4, -0.2) is 52.7 Å². The van der Waals surface area contributed by atoms with Gasteiger partial charge in [-0.1, -0.05) is 18.2 Å². The lowest BCUT2D eigenvalue weighted by atomic mass is 9.94. The highest BCUT2D eigenvalue weighted by atomic mass is 16.6. The molecule has 7 heteroatoms. The monoisotopic (exact) mass is 374 g/mol. The van der Waals surface area contributed by atoms with Gasteiger partial charge < -0.3 is 15.0 Å². The summed E-state index contributed by atoms with van der Waals surface area (Å²) in [5.41, 5.74) is 0.600. The number of rotatable bonds is 5. The number of benzene rings is 1. The normalized spacial score (nSPS) is 16.2. The molecule has 1 aromatic carbocycles. The van der Waals surface area contributed by atoms with E-state index in [4.69, 9.17) is 4.74 Å². The number of fused-ring (bicyclic) bond motifs is 1. The lowest BCUT2D eigenvalue weighted by Gasteiger charge is -2.38. The minimum Gasteiger partial charge on any atom is -0.458 e. The van der Waals surface area contributed by atoms with Crippen LogP contribution in [0.25, 0.3) is 0 Å². The molecule has 0 fully saturated rings. The molecule has 0 aliphatic carbocycles. The minimum atomic E-state index is -1.27. The molecule has 1 aliphatic rings. The summed E-state index contributed by atoms with van der Waals surface area (Å²) in [5, 5.41) is 2.50. The lowest BCUT2D eigenvalue weighted by molar-refractivity contribution is -0.161. The summed E-state index contributed by atoms with van der Waals surface area (Å²) in [6.45, 7) is 7.92. The second kappa shape index (κ2) is 7.90. The van der Waals surface area contributed by atoms with Crippen LogP contribution in [0.4, 0.5) is 0 Å². The summed E-state index contributed by atoms with van der Waals surface area (Å²) in [6, 6.07) is 4.76. The molecular weight excluding hydrogens is 348 g/mol. The fraction of sp³-hybridized carbons (Fsp3) is 0.500. The number of ketones is 1. The van der Waals surface area contributed by atoms with Crippen LogP contribution in [0, 0.1) is 0 Å². The standard InChI is InChI=1S/C20H26N2O5/c1-12(23)17(16(21-13(2)24)19(26)27-20(3,4)5)22-11-10-14-8-6-7-9-15(14)18(22)25/h6-9,16-17H,10-11H2,1-5H3,(H,21,24). The molecule has 2 amide bonds. The van der Waals surface area contributed by atoms with Gasteiger partial charge in [0, 0.05) is 19.0 Å². The lowest BCUT2D eigenvalue weighted by Crippen LogP contribution is -2.61. The van der Waals surface area contributed by atoms with Gasteiger partial charge in [-0.05, 0) is 45.7 Å². The molecule has 0 spiro atoms. The first-order chi connectivity index (χ1) is 12.5. The van der Waals surface area contributed by atoms with Crippen LogP contribution in [0.2, 0.25) is 0 Å². The maximum atomic E-state index is 13.0. The van der Waals surface area contributed by atoms with Gasteiger partial charge in [0.2, 0.25) is 5.91 Å². The summed E-state index contributed by atoms with van der Waals surface area (Å²) >= 11 is 0. The van der Waals surface area contributed by atoms with Crippen LogP contribution in [-0.2, 0) is 25.5 Å². The van der Waals surface area contributed by atoms with E-state index >= 15 is 0 Å². The van der Waals surface area contributed by atoms with Gasteiger partial charge in [0.25, 0.3) is 5.91 Å². The summed E-state index contributed by atoms with van der Waals surface area (Å²) in [5.74, 6) is -1.96. The van der Waals surface area contributed by atoms with Crippen molar-refractivity contribution >= 4 is 23.6 Å². The molecule has 1 aromatic rings. The van der Waals surface area contributed by atoms with Crippen molar-refractivity contribution < 1.29 is 23.9 Å².